The Labute approximate surface area is 199 Å². The van der Waals surface area contributed by atoms with Crippen LogP contribution in [0.1, 0.15) is 44.2 Å². The third kappa shape index (κ3) is 5.07. The van der Waals surface area contributed by atoms with Gasteiger partial charge in [0.15, 0.2) is 5.54 Å². The van der Waals surface area contributed by atoms with Crippen molar-refractivity contribution in [3.63, 3.8) is 0 Å². The highest BCUT2D eigenvalue weighted by Gasteiger charge is 2.41. The SMILES string of the molecule is CCC(COC)(NC(=O)[C@@H](NC(=O)OCC1c2ccccc2-c2ccccc21)C(C)C)C(=O)O. The molecule has 0 aliphatic heterocycles. The number of amides is 2. The zero-order valence-electron chi connectivity index (χ0n) is 20.0. The van der Waals surface area contributed by atoms with Gasteiger partial charge in [0.1, 0.15) is 12.6 Å². The minimum atomic E-state index is -1.58. The Morgan fingerprint density at radius 3 is 2.06 bits per heavy atom. The number of benzene rings is 2. The summed E-state index contributed by atoms with van der Waals surface area (Å²) in [6.07, 6.45) is -0.614. The van der Waals surface area contributed by atoms with E-state index in [-0.39, 0.29) is 31.5 Å². The number of carbonyl (C=O) groups excluding carboxylic acids is 2. The van der Waals surface area contributed by atoms with Crippen LogP contribution in [0.3, 0.4) is 0 Å². The number of aliphatic carboxylic acids is 1. The molecule has 0 saturated carbocycles. The number of alkyl carbamates (subject to hydrolysis) is 1. The molecule has 0 bridgehead atoms. The van der Waals surface area contributed by atoms with Gasteiger partial charge in [0.05, 0.1) is 6.61 Å². The van der Waals surface area contributed by atoms with Crippen LogP contribution in [0.2, 0.25) is 0 Å². The van der Waals surface area contributed by atoms with Crippen LogP contribution in [0.15, 0.2) is 48.5 Å². The van der Waals surface area contributed by atoms with E-state index in [1.54, 1.807) is 20.8 Å². The molecule has 8 nitrogen and oxygen atoms in total. The molecule has 0 aromatic heterocycles. The number of hydrogen-bond acceptors (Lipinski definition) is 5. The van der Waals surface area contributed by atoms with Crippen molar-refractivity contribution in [1.29, 1.82) is 0 Å². The topological polar surface area (TPSA) is 114 Å². The summed E-state index contributed by atoms with van der Waals surface area (Å²) in [4.78, 5) is 37.5. The lowest BCUT2D eigenvalue weighted by Crippen LogP contribution is -2.62. The summed E-state index contributed by atoms with van der Waals surface area (Å²) < 4.78 is 10.6. The molecule has 0 spiro atoms. The van der Waals surface area contributed by atoms with Crippen molar-refractivity contribution >= 4 is 18.0 Å². The molecule has 3 rings (SSSR count). The first-order valence-electron chi connectivity index (χ1n) is 11.4. The van der Waals surface area contributed by atoms with Crippen LogP contribution >= 0.6 is 0 Å². The Balaban J connectivity index is 1.69. The molecular formula is C26H32N2O6. The van der Waals surface area contributed by atoms with E-state index in [1.807, 2.05) is 36.4 Å². The molecule has 1 aliphatic carbocycles. The predicted octanol–water partition coefficient (Wildman–Crippen LogP) is 3.55. The number of ether oxygens (including phenoxy) is 2. The lowest BCUT2D eigenvalue weighted by Gasteiger charge is -2.31. The van der Waals surface area contributed by atoms with Gasteiger partial charge in [0.2, 0.25) is 5.91 Å². The van der Waals surface area contributed by atoms with Crippen molar-refractivity contribution in [3.05, 3.63) is 59.7 Å². The maximum atomic E-state index is 13.0. The minimum Gasteiger partial charge on any atom is -0.479 e. The summed E-state index contributed by atoms with van der Waals surface area (Å²) in [6, 6.07) is 15.1. The molecule has 2 amide bonds. The fraction of sp³-hybridized carbons (Fsp3) is 0.423. The first-order chi connectivity index (χ1) is 16.2. The largest absolute Gasteiger partial charge is 0.479 e. The van der Waals surface area contributed by atoms with Crippen LogP contribution in [0.25, 0.3) is 11.1 Å². The third-order valence-corrected chi connectivity index (χ3v) is 6.33. The highest BCUT2D eigenvalue weighted by Crippen LogP contribution is 2.44. The average Bonchev–Trinajstić information content (AvgIpc) is 3.14. The quantitative estimate of drug-likeness (QED) is 0.491. The zero-order valence-corrected chi connectivity index (χ0v) is 20.0. The molecule has 2 aromatic carbocycles. The first-order valence-corrected chi connectivity index (χ1v) is 11.4. The fourth-order valence-electron chi connectivity index (χ4n) is 4.35. The number of carboxylic acid groups (broad SMARTS) is 1. The second-order valence-corrected chi connectivity index (χ2v) is 8.85. The molecule has 0 radical (unpaired) electrons. The summed E-state index contributed by atoms with van der Waals surface area (Å²) in [5, 5.41) is 14.8. The van der Waals surface area contributed by atoms with Crippen LogP contribution < -0.4 is 10.6 Å². The van der Waals surface area contributed by atoms with E-state index in [0.29, 0.717) is 0 Å². The highest BCUT2D eigenvalue weighted by molar-refractivity contribution is 5.91. The minimum absolute atomic E-state index is 0.106. The molecule has 2 atom stereocenters. The molecular weight excluding hydrogens is 436 g/mol. The number of hydrogen-bond donors (Lipinski definition) is 3. The van der Waals surface area contributed by atoms with E-state index in [0.717, 1.165) is 22.3 Å². The van der Waals surface area contributed by atoms with Gasteiger partial charge in [-0.15, -0.1) is 0 Å². The Morgan fingerprint density at radius 2 is 1.59 bits per heavy atom. The van der Waals surface area contributed by atoms with Gasteiger partial charge in [-0.2, -0.15) is 0 Å². The van der Waals surface area contributed by atoms with E-state index in [4.69, 9.17) is 9.47 Å². The fourth-order valence-corrected chi connectivity index (χ4v) is 4.35. The molecule has 8 heteroatoms. The molecule has 0 heterocycles. The third-order valence-electron chi connectivity index (χ3n) is 6.33. The van der Waals surface area contributed by atoms with Crippen molar-refractivity contribution in [3.8, 4) is 11.1 Å². The average molecular weight is 469 g/mol. The first kappa shape index (κ1) is 25.2. The monoisotopic (exact) mass is 468 g/mol. The van der Waals surface area contributed by atoms with Crippen LogP contribution in [0, 0.1) is 5.92 Å². The van der Waals surface area contributed by atoms with Gasteiger partial charge >= 0.3 is 12.1 Å². The standard InChI is InChI=1S/C26H32N2O6/c1-5-26(15-33-4,24(30)31)28-23(29)22(16(2)3)27-25(32)34-14-21-19-12-8-6-10-17(19)18-11-7-9-13-20(18)21/h6-13,16,21-22H,5,14-15H2,1-4H3,(H,27,32)(H,28,29)(H,30,31)/t22-,26?/m0/s1. The molecule has 0 saturated heterocycles. The van der Waals surface area contributed by atoms with E-state index in [9.17, 15) is 19.5 Å². The second-order valence-electron chi connectivity index (χ2n) is 8.85. The van der Waals surface area contributed by atoms with Crippen LogP contribution in [-0.4, -0.2) is 55.0 Å². The maximum absolute atomic E-state index is 13.0. The van der Waals surface area contributed by atoms with Gasteiger partial charge in [0.25, 0.3) is 0 Å². The van der Waals surface area contributed by atoms with Gasteiger partial charge < -0.3 is 25.2 Å². The number of rotatable bonds is 10. The summed E-state index contributed by atoms with van der Waals surface area (Å²) >= 11 is 0. The maximum Gasteiger partial charge on any atom is 0.407 e. The number of carboxylic acids is 1. The number of nitrogens with one attached hydrogen (secondary N) is 2. The Morgan fingerprint density at radius 1 is 1.03 bits per heavy atom. The molecule has 182 valence electrons. The molecule has 34 heavy (non-hydrogen) atoms. The number of carbonyl (C=O) groups is 3. The second kappa shape index (κ2) is 10.7. The van der Waals surface area contributed by atoms with Crippen molar-refractivity contribution < 1.29 is 29.0 Å². The van der Waals surface area contributed by atoms with Crippen molar-refractivity contribution in [2.24, 2.45) is 5.92 Å². The van der Waals surface area contributed by atoms with Gasteiger partial charge in [-0.1, -0.05) is 69.3 Å². The molecule has 0 fully saturated rings. The molecule has 1 unspecified atom stereocenters. The van der Waals surface area contributed by atoms with Gasteiger partial charge in [-0.05, 0) is 34.6 Å². The van der Waals surface area contributed by atoms with Gasteiger partial charge in [-0.3, -0.25) is 4.79 Å². The van der Waals surface area contributed by atoms with E-state index in [2.05, 4.69) is 22.8 Å². The van der Waals surface area contributed by atoms with E-state index >= 15 is 0 Å². The van der Waals surface area contributed by atoms with Crippen LogP contribution in [0.4, 0.5) is 4.79 Å². The van der Waals surface area contributed by atoms with E-state index < -0.39 is 29.6 Å². The summed E-state index contributed by atoms with van der Waals surface area (Å²) in [5.74, 6) is -2.21. The highest BCUT2D eigenvalue weighted by atomic mass is 16.5. The lowest BCUT2D eigenvalue weighted by molar-refractivity contribution is -0.151. The van der Waals surface area contributed by atoms with Crippen molar-refractivity contribution in [2.75, 3.05) is 20.3 Å². The Kier molecular flexibility index (Phi) is 7.94. The molecule has 3 N–H and O–H groups in total. The predicted molar refractivity (Wildman–Crippen MR) is 128 cm³/mol. The Bertz CT molecular complexity index is 1010. The summed E-state index contributed by atoms with van der Waals surface area (Å²) in [6.45, 7) is 5.10. The van der Waals surface area contributed by atoms with Crippen LogP contribution in [0.5, 0.6) is 0 Å². The van der Waals surface area contributed by atoms with Crippen molar-refractivity contribution in [2.45, 2.75) is 44.7 Å². The smallest absolute Gasteiger partial charge is 0.407 e. The lowest BCUT2D eigenvalue weighted by atomic mass is 9.95. The number of methoxy groups -OCH3 is 1. The molecule has 2 aromatic rings. The summed E-state index contributed by atoms with van der Waals surface area (Å²) in [5.41, 5.74) is 2.83. The van der Waals surface area contributed by atoms with Crippen LogP contribution in [-0.2, 0) is 19.1 Å². The van der Waals surface area contributed by atoms with Crippen molar-refractivity contribution in [1.82, 2.24) is 10.6 Å². The van der Waals surface area contributed by atoms with E-state index in [1.165, 1.54) is 7.11 Å². The summed E-state index contributed by atoms with van der Waals surface area (Å²) in [7, 11) is 1.37. The molecule has 1 aliphatic rings. The Hall–Kier alpha value is -3.39. The zero-order chi connectivity index (χ0) is 24.9. The number of fused-ring (bicyclic) bond motifs is 3. The van der Waals surface area contributed by atoms with Gasteiger partial charge in [0, 0.05) is 13.0 Å². The normalized spacial score (nSPS) is 15.1. The van der Waals surface area contributed by atoms with Gasteiger partial charge in [-0.25, -0.2) is 9.59 Å².